The number of hydrogen-bond donors (Lipinski definition) is 2. The first-order chi connectivity index (χ1) is 14.6. The highest BCUT2D eigenvalue weighted by Gasteiger charge is 2.25. The second-order valence-electron chi connectivity index (χ2n) is 6.74. The maximum atomic E-state index is 12.5. The molecule has 31 heavy (non-hydrogen) atoms. The summed E-state index contributed by atoms with van der Waals surface area (Å²) in [4.78, 5) is 35.6. The van der Waals surface area contributed by atoms with Gasteiger partial charge in [-0.2, -0.15) is 5.10 Å². The monoisotopic (exact) mass is 466 g/mol. The summed E-state index contributed by atoms with van der Waals surface area (Å²) in [7, 11) is 1.33. The number of nitro benzene ring substituents is 1. The number of benzene rings is 2. The van der Waals surface area contributed by atoms with Crippen molar-refractivity contribution in [2.24, 2.45) is 11.0 Å². The van der Waals surface area contributed by atoms with Crippen LogP contribution in [0.15, 0.2) is 41.5 Å². The van der Waals surface area contributed by atoms with Crippen molar-refractivity contribution in [3.05, 3.63) is 67.7 Å². The molecule has 2 rings (SSSR count). The van der Waals surface area contributed by atoms with E-state index in [0.29, 0.717) is 10.6 Å². The van der Waals surface area contributed by atoms with Crippen LogP contribution in [0, 0.1) is 16.0 Å². The van der Waals surface area contributed by atoms with E-state index >= 15 is 0 Å². The molecule has 2 aromatic rings. The fraction of sp³-hybridized carbons (Fsp3) is 0.250. The standard InChI is InChI=1S/C20H20Cl2N4O5/c1-11(2)18(24-19(27)14-6-5-13(21)9-15(14)22)20(28)25-23-10-12-4-7-17(31-3)16(8-12)26(29)30/h4-11,18H,1-3H3,(H,24,27)(H,25,28)/b23-10+/t18-/m1/s1. The second kappa shape index (κ2) is 10.7. The number of nitro groups is 1. The van der Waals surface area contributed by atoms with E-state index in [0.717, 1.165) is 0 Å². The molecular formula is C20H20Cl2N4O5. The average molecular weight is 467 g/mol. The molecule has 0 aliphatic carbocycles. The molecule has 164 valence electrons. The highest BCUT2D eigenvalue weighted by molar-refractivity contribution is 6.36. The predicted octanol–water partition coefficient (Wildman–Crippen LogP) is 3.81. The number of methoxy groups -OCH3 is 1. The Balaban J connectivity index is 2.10. The summed E-state index contributed by atoms with van der Waals surface area (Å²) in [5, 5.41) is 18.1. The van der Waals surface area contributed by atoms with Crippen LogP contribution in [-0.4, -0.2) is 36.1 Å². The molecule has 0 aliphatic heterocycles. The lowest BCUT2D eigenvalue weighted by Gasteiger charge is -2.20. The summed E-state index contributed by atoms with van der Waals surface area (Å²) in [5.41, 5.74) is 2.66. The summed E-state index contributed by atoms with van der Waals surface area (Å²) in [6.07, 6.45) is 1.25. The van der Waals surface area contributed by atoms with Gasteiger partial charge in [0, 0.05) is 16.7 Å². The van der Waals surface area contributed by atoms with Gasteiger partial charge in [-0.25, -0.2) is 5.43 Å². The normalized spacial score (nSPS) is 11.9. The van der Waals surface area contributed by atoms with Gasteiger partial charge in [0.15, 0.2) is 5.75 Å². The van der Waals surface area contributed by atoms with E-state index in [-0.39, 0.29) is 27.9 Å². The van der Waals surface area contributed by atoms with Crippen molar-refractivity contribution in [3.63, 3.8) is 0 Å². The third-order valence-corrected chi connectivity index (χ3v) is 4.75. The lowest BCUT2D eigenvalue weighted by molar-refractivity contribution is -0.385. The van der Waals surface area contributed by atoms with Gasteiger partial charge in [-0.3, -0.25) is 19.7 Å². The van der Waals surface area contributed by atoms with Crippen molar-refractivity contribution in [1.82, 2.24) is 10.7 Å². The minimum Gasteiger partial charge on any atom is -0.490 e. The maximum absolute atomic E-state index is 12.5. The van der Waals surface area contributed by atoms with Gasteiger partial charge in [-0.05, 0) is 36.2 Å². The van der Waals surface area contributed by atoms with Gasteiger partial charge in [0.1, 0.15) is 6.04 Å². The quantitative estimate of drug-likeness (QED) is 0.347. The van der Waals surface area contributed by atoms with E-state index in [1.807, 2.05) is 0 Å². The van der Waals surface area contributed by atoms with Gasteiger partial charge in [-0.1, -0.05) is 37.0 Å². The zero-order valence-electron chi connectivity index (χ0n) is 16.9. The third-order valence-electron chi connectivity index (χ3n) is 4.20. The molecule has 2 N–H and O–H groups in total. The van der Waals surface area contributed by atoms with Crippen LogP contribution in [0.5, 0.6) is 5.75 Å². The molecule has 0 fully saturated rings. The molecule has 0 saturated carbocycles. The first-order valence-corrected chi connectivity index (χ1v) is 9.81. The largest absolute Gasteiger partial charge is 0.490 e. The van der Waals surface area contributed by atoms with E-state index in [1.54, 1.807) is 19.9 Å². The summed E-state index contributed by atoms with van der Waals surface area (Å²) in [6, 6.07) is 7.75. The van der Waals surface area contributed by atoms with E-state index < -0.39 is 22.8 Å². The molecule has 1 atom stereocenters. The Morgan fingerprint density at radius 3 is 2.48 bits per heavy atom. The molecule has 2 amide bonds. The molecule has 0 spiro atoms. The van der Waals surface area contributed by atoms with Gasteiger partial charge in [0.25, 0.3) is 11.8 Å². The van der Waals surface area contributed by atoms with Crippen LogP contribution in [-0.2, 0) is 4.79 Å². The number of ether oxygens (including phenoxy) is 1. The average Bonchev–Trinajstić information content (AvgIpc) is 2.71. The van der Waals surface area contributed by atoms with Crippen molar-refractivity contribution in [2.75, 3.05) is 7.11 Å². The van der Waals surface area contributed by atoms with E-state index in [1.165, 1.54) is 43.7 Å². The molecule has 0 aliphatic rings. The molecule has 0 radical (unpaired) electrons. The Bertz CT molecular complexity index is 1030. The molecule has 2 aromatic carbocycles. The van der Waals surface area contributed by atoms with Crippen molar-refractivity contribution in [1.29, 1.82) is 0 Å². The number of nitrogens with zero attached hydrogens (tertiary/aromatic N) is 2. The van der Waals surface area contributed by atoms with Crippen molar-refractivity contribution in [3.8, 4) is 5.75 Å². The van der Waals surface area contributed by atoms with Crippen LogP contribution in [0.3, 0.4) is 0 Å². The van der Waals surface area contributed by atoms with Gasteiger partial charge in [0.05, 0.1) is 28.8 Å². The summed E-state index contributed by atoms with van der Waals surface area (Å²) < 4.78 is 4.94. The minimum absolute atomic E-state index is 0.106. The molecule has 9 nitrogen and oxygen atoms in total. The van der Waals surface area contributed by atoms with E-state index in [4.69, 9.17) is 27.9 Å². The fourth-order valence-electron chi connectivity index (χ4n) is 2.60. The zero-order chi connectivity index (χ0) is 23.1. The fourth-order valence-corrected chi connectivity index (χ4v) is 3.09. The molecule has 0 unspecified atom stereocenters. The van der Waals surface area contributed by atoms with Crippen molar-refractivity contribution in [2.45, 2.75) is 19.9 Å². The number of hydrogen-bond acceptors (Lipinski definition) is 6. The number of rotatable bonds is 8. The smallest absolute Gasteiger partial charge is 0.311 e. The third kappa shape index (κ3) is 6.40. The Morgan fingerprint density at radius 2 is 1.90 bits per heavy atom. The molecule has 11 heteroatoms. The Kier molecular flexibility index (Phi) is 8.35. The highest BCUT2D eigenvalue weighted by Crippen LogP contribution is 2.26. The maximum Gasteiger partial charge on any atom is 0.311 e. The van der Waals surface area contributed by atoms with Crippen molar-refractivity contribution >= 4 is 46.9 Å². The lowest BCUT2D eigenvalue weighted by atomic mass is 10.0. The van der Waals surface area contributed by atoms with E-state index in [9.17, 15) is 19.7 Å². The van der Waals surface area contributed by atoms with E-state index in [2.05, 4.69) is 15.8 Å². The van der Waals surface area contributed by atoms with Gasteiger partial charge < -0.3 is 10.1 Å². The van der Waals surface area contributed by atoms with Crippen LogP contribution in [0.25, 0.3) is 0 Å². The first-order valence-electron chi connectivity index (χ1n) is 9.05. The number of halogens is 2. The zero-order valence-corrected chi connectivity index (χ0v) is 18.4. The van der Waals surface area contributed by atoms with Crippen LogP contribution >= 0.6 is 23.2 Å². The number of carbonyl (C=O) groups is 2. The predicted molar refractivity (Wildman–Crippen MR) is 118 cm³/mol. The van der Waals surface area contributed by atoms with Crippen LogP contribution in [0.1, 0.15) is 29.8 Å². The summed E-state index contributed by atoms with van der Waals surface area (Å²) in [6.45, 7) is 3.51. The first kappa shape index (κ1) is 24.1. The highest BCUT2D eigenvalue weighted by atomic mass is 35.5. The number of hydrazone groups is 1. The summed E-state index contributed by atoms with van der Waals surface area (Å²) in [5.74, 6) is -1.25. The Morgan fingerprint density at radius 1 is 1.19 bits per heavy atom. The topological polar surface area (TPSA) is 123 Å². The van der Waals surface area contributed by atoms with Gasteiger partial charge in [0.2, 0.25) is 0 Å². The molecule has 0 saturated heterocycles. The minimum atomic E-state index is -0.901. The number of nitrogens with one attached hydrogen (secondary N) is 2. The lowest BCUT2D eigenvalue weighted by Crippen LogP contribution is -2.48. The molecule has 0 heterocycles. The SMILES string of the molecule is COc1ccc(/C=N/NC(=O)[C@H](NC(=O)c2ccc(Cl)cc2Cl)C(C)C)cc1[N+](=O)[O-]. The van der Waals surface area contributed by atoms with Crippen molar-refractivity contribution < 1.29 is 19.2 Å². The molecule has 0 aromatic heterocycles. The Hall–Kier alpha value is -3.17. The van der Waals surface area contributed by atoms with Crippen LogP contribution in [0.2, 0.25) is 10.0 Å². The Labute approximate surface area is 188 Å². The number of carbonyl (C=O) groups excluding carboxylic acids is 2. The second-order valence-corrected chi connectivity index (χ2v) is 7.59. The van der Waals surface area contributed by atoms with Crippen LogP contribution in [0.4, 0.5) is 5.69 Å². The van der Waals surface area contributed by atoms with Gasteiger partial charge in [-0.15, -0.1) is 0 Å². The number of amides is 2. The van der Waals surface area contributed by atoms with Gasteiger partial charge >= 0.3 is 5.69 Å². The summed E-state index contributed by atoms with van der Waals surface area (Å²) >= 11 is 11.9. The molecule has 0 bridgehead atoms. The van der Waals surface area contributed by atoms with Crippen LogP contribution < -0.4 is 15.5 Å². The molecular weight excluding hydrogens is 447 g/mol.